The van der Waals surface area contributed by atoms with E-state index in [0.717, 1.165) is 0 Å². The molecule has 0 bridgehead atoms. The molecule has 10 atom stereocenters. The highest BCUT2D eigenvalue weighted by Crippen LogP contribution is 2.55. The number of ether oxygens (including phenoxy) is 2. The first-order valence-corrected chi connectivity index (χ1v) is 18.4. The number of fused-ring (bicyclic) bond motifs is 4. The lowest BCUT2D eigenvalue weighted by Crippen LogP contribution is -2.36. The Morgan fingerprint density at radius 3 is 2.09 bits per heavy atom. The number of imidazole rings is 2. The first kappa shape index (κ1) is 30.5. The van der Waals surface area contributed by atoms with Gasteiger partial charge in [0.2, 0.25) is 0 Å². The molecule has 0 aromatic carbocycles. The third-order valence-corrected chi connectivity index (χ3v) is 10.8. The molecule has 0 amide bonds. The quantitative estimate of drug-likeness (QED) is 0.255. The lowest BCUT2D eigenvalue weighted by atomic mass is 10.0. The van der Waals surface area contributed by atoms with Crippen LogP contribution in [0, 0.1) is 12.8 Å². The number of rotatable bonds is 2. The highest BCUT2D eigenvalue weighted by Gasteiger charge is 2.52. The summed E-state index contributed by atoms with van der Waals surface area (Å²) in [6.07, 6.45) is -2.95. The maximum atomic E-state index is 16.0. The van der Waals surface area contributed by atoms with Crippen LogP contribution in [0.5, 0.6) is 0 Å². The zero-order chi connectivity index (χ0) is 31.0. The van der Waals surface area contributed by atoms with Gasteiger partial charge in [0.05, 0.1) is 31.6 Å². The van der Waals surface area contributed by atoms with Crippen LogP contribution in [0.25, 0.3) is 22.3 Å². The van der Waals surface area contributed by atoms with Crippen LogP contribution in [0.15, 0.2) is 25.3 Å². The van der Waals surface area contributed by atoms with Gasteiger partial charge < -0.3 is 38.6 Å². The van der Waals surface area contributed by atoms with Crippen LogP contribution < -0.4 is 5.73 Å². The first-order valence-electron chi connectivity index (χ1n) is 13.3. The SMILES string of the molecule is Cc1ncnc2c1ncn2[C@@H]1O[C@@H]2COP(O)(=S)O[C@H]3[C@@H](F)[C@H](n4cnc5c(N)ncnc54)O[C@@H]3COP(O)(=S)OC2[C@H]1C. The van der Waals surface area contributed by atoms with Gasteiger partial charge in [0.1, 0.15) is 54.3 Å². The van der Waals surface area contributed by atoms with Crippen LogP contribution in [-0.4, -0.2) is 92.6 Å². The molecule has 3 aliphatic heterocycles. The fraction of sp³-hybridized carbons (Fsp3) is 0.545. The zero-order valence-electron chi connectivity index (χ0n) is 22.9. The number of anilines is 1. The van der Waals surface area contributed by atoms with Gasteiger partial charge in [0, 0.05) is 5.92 Å². The summed E-state index contributed by atoms with van der Waals surface area (Å²) in [5.74, 6) is -0.353. The van der Waals surface area contributed by atoms with E-state index in [1.54, 1.807) is 10.9 Å². The molecule has 0 aliphatic carbocycles. The highest BCUT2D eigenvalue weighted by atomic mass is 32.5. The standard InChI is InChI=1S/C22H26FN9O8P2S2/c1-9-16-11(37-21(9)31-7-29-14-10(2)25-5-27-19(14)31)3-35-42(34,44)40-17-12(4-36-41(33,43)39-16)38-22(13(17)23)32-8-30-15-18(24)26-6-28-20(15)32/h5-9,11-13,16-17,21-22H,3-4H2,1-2H3,(H,33,43)(H,34,44)(H2,24,26,28)/t9-,11-,12-,13-,16?,17-,21-,22-,41?,42?/m1/s1. The molecule has 7 rings (SSSR count). The van der Waals surface area contributed by atoms with Crippen molar-refractivity contribution < 1.29 is 41.7 Å². The predicted octanol–water partition coefficient (Wildman–Crippen LogP) is 1.58. The number of nitrogens with two attached hydrogens (primary N) is 1. The average Bonchev–Trinajstić information content (AvgIpc) is 3.73. The molecule has 236 valence electrons. The monoisotopic (exact) mass is 689 g/mol. The van der Waals surface area contributed by atoms with Crippen molar-refractivity contribution in [2.24, 2.45) is 5.92 Å². The maximum Gasteiger partial charge on any atom is 0.325 e. The van der Waals surface area contributed by atoms with E-state index in [-0.39, 0.29) is 23.6 Å². The summed E-state index contributed by atoms with van der Waals surface area (Å²) in [6, 6.07) is 0. The number of nitrogen functional groups attached to an aromatic ring is 1. The Morgan fingerprint density at radius 1 is 0.841 bits per heavy atom. The molecule has 0 spiro atoms. The van der Waals surface area contributed by atoms with Crippen LogP contribution in [0.1, 0.15) is 25.1 Å². The van der Waals surface area contributed by atoms with E-state index >= 15 is 4.39 Å². The minimum atomic E-state index is -4.10. The molecule has 0 radical (unpaired) electrons. The Labute approximate surface area is 258 Å². The number of alkyl halides is 1. The molecule has 7 heterocycles. The summed E-state index contributed by atoms with van der Waals surface area (Å²) in [5, 5.41) is 0. The highest BCUT2D eigenvalue weighted by molar-refractivity contribution is 8.07. The summed E-state index contributed by atoms with van der Waals surface area (Å²) in [7, 11) is 0. The van der Waals surface area contributed by atoms with Gasteiger partial charge in [-0.2, -0.15) is 0 Å². The van der Waals surface area contributed by atoms with Gasteiger partial charge in [0.15, 0.2) is 29.5 Å². The number of halogens is 1. The van der Waals surface area contributed by atoms with Gasteiger partial charge in [-0.25, -0.2) is 34.3 Å². The summed E-state index contributed by atoms with van der Waals surface area (Å²) >= 11 is 10.6. The third kappa shape index (κ3) is 5.36. The van der Waals surface area contributed by atoms with E-state index in [2.05, 4.69) is 29.9 Å². The fourth-order valence-corrected chi connectivity index (χ4v) is 8.54. The third-order valence-electron chi connectivity index (χ3n) is 7.71. The molecule has 3 aliphatic rings. The lowest BCUT2D eigenvalue weighted by Gasteiger charge is -2.30. The summed E-state index contributed by atoms with van der Waals surface area (Å²) in [5.41, 5.74) is 8.12. The summed E-state index contributed by atoms with van der Waals surface area (Å²) in [6.45, 7) is -5.25. The molecular weight excluding hydrogens is 663 g/mol. The summed E-state index contributed by atoms with van der Waals surface area (Å²) < 4.78 is 54.2. The Kier molecular flexibility index (Phi) is 7.79. The van der Waals surface area contributed by atoms with Crippen molar-refractivity contribution in [3.63, 3.8) is 0 Å². The Balaban J connectivity index is 1.17. The van der Waals surface area contributed by atoms with Crippen LogP contribution >= 0.6 is 13.4 Å². The van der Waals surface area contributed by atoms with Crippen LogP contribution in [0.4, 0.5) is 10.2 Å². The topological polar surface area (TPSA) is 209 Å². The van der Waals surface area contributed by atoms with E-state index in [0.29, 0.717) is 16.9 Å². The largest absolute Gasteiger partial charge is 0.382 e. The smallest absolute Gasteiger partial charge is 0.325 e. The Morgan fingerprint density at radius 2 is 1.39 bits per heavy atom. The molecule has 4 aromatic heterocycles. The molecule has 4 aromatic rings. The van der Waals surface area contributed by atoms with Crippen molar-refractivity contribution in [3.8, 4) is 0 Å². The number of hydrogen-bond acceptors (Lipinski definition) is 15. The molecule has 17 nitrogen and oxygen atoms in total. The molecular formula is C22H26FN9O8P2S2. The fourth-order valence-electron chi connectivity index (χ4n) is 5.59. The molecule has 22 heteroatoms. The van der Waals surface area contributed by atoms with Gasteiger partial charge in [-0.3, -0.25) is 13.7 Å². The van der Waals surface area contributed by atoms with Crippen molar-refractivity contribution in [1.82, 2.24) is 39.0 Å². The number of aryl methyl sites for hydroxylation is 1. The second-order valence-electron chi connectivity index (χ2n) is 10.5. The van der Waals surface area contributed by atoms with Crippen LogP contribution in [-0.2, 0) is 51.2 Å². The average molecular weight is 690 g/mol. The van der Waals surface area contributed by atoms with Gasteiger partial charge in [-0.05, 0) is 30.5 Å². The van der Waals surface area contributed by atoms with E-state index in [9.17, 15) is 9.79 Å². The number of hydrogen-bond donors (Lipinski definition) is 3. The second-order valence-corrected chi connectivity index (χ2v) is 16.0. The molecule has 3 fully saturated rings. The van der Waals surface area contributed by atoms with Crippen molar-refractivity contribution >= 4 is 65.2 Å². The first-order chi connectivity index (χ1) is 20.9. The second kappa shape index (κ2) is 11.3. The van der Waals surface area contributed by atoms with E-state index < -0.39 is 69.0 Å². The predicted molar refractivity (Wildman–Crippen MR) is 156 cm³/mol. The minimum Gasteiger partial charge on any atom is -0.382 e. The van der Waals surface area contributed by atoms with Crippen molar-refractivity contribution in [2.45, 2.75) is 56.9 Å². The number of aromatic nitrogens is 8. The van der Waals surface area contributed by atoms with Crippen molar-refractivity contribution in [2.75, 3.05) is 18.9 Å². The van der Waals surface area contributed by atoms with Crippen LogP contribution in [0.2, 0.25) is 0 Å². The maximum absolute atomic E-state index is 16.0. The van der Waals surface area contributed by atoms with Gasteiger partial charge >= 0.3 is 13.4 Å². The minimum absolute atomic E-state index is 0.0967. The molecule has 4 N–H and O–H groups in total. The van der Waals surface area contributed by atoms with Crippen molar-refractivity contribution in [3.05, 3.63) is 31.0 Å². The zero-order valence-corrected chi connectivity index (χ0v) is 26.4. The Bertz CT molecular complexity index is 1700. The molecule has 44 heavy (non-hydrogen) atoms. The van der Waals surface area contributed by atoms with Gasteiger partial charge in [-0.1, -0.05) is 6.92 Å². The van der Waals surface area contributed by atoms with Gasteiger partial charge in [0.25, 0.3) is 0 Å². The van der Waals surface area contributed by atoms with Crippen LogP contribution in [0.3, 0.4) is 0 Å². The summed E-state index contributed by atoms with van der Waals surface area (Å²) in [4.78, 5) is 47.2. The van der Waals surface area contributed by atoms with Crippen molar-refractivity contribution in [1.29, 1.82) is 0 Å². The normalized spacial score (nSPS) is 38.3. The number of nitrogens with zero attached hydrogens (tertiary/aromatic N) is 8. The van der Waals surface area contributed by atoms with E-state index in [4.69, 9.17) is 56.9 Å². The molecule has 0 saturated carbocycles. The van der Waals surface area contributed by atoms with E-state index in [1.165, 1.54) is 23.5 Å². The van der Waals surface area contributed by atoms with E-state index in [1.807, 2.05) is 13.8 Å². The lowest BCUT2D eigenvalue weighted by molar-refractivity contribution is -0.0582. The van der Waals surface area contributed by atoms with Gasteiger partial charge in [-0.15, -0.1) is 0 Å². The molecule has 3 unspecified atom stereocenters. The molecule has 3 saturated heterocycles. The Hall–Kier alpha value is -2.19.